The van der Waals surface area contributed by atoms with E-state index in [0.29, 0.717) is 60.4 Å². The van der Waals surface area contributed by atoms with Crippen molar-refractivity contribution in [1.29, 1.82) is 0 Å². The van der Waals surface area contributed by atoms with Crippen molar-refractivity contribution < 1.29 is 46.5 Å². The van der Waals surface area contributed by atoms with Gasteiger partial charge in [-0.05, 0) is 88.2 Å². The highest BCUT2D eigenvalue weighted by Crippen LogP contribution is 2.46. The van der Waals surface area contributed by atoms with Crippen molar-refractivity contribution in [1.82, 2.24) is 25.2 Å². The number of benzene rings is 1. The molecule has 0 spiro atoms. The molecule has 5 atom stereocenters. The molecule has 5 aliphatic rings. The number of nitrogens with zero attached hydrogens (tertiary/aromatic N) is 2. The summed E-state index contributed by atoms with van der Waals surface area (Å²) in [4.78, 5) is 63.0. The highest BCUT2D eigenvalue weighted by atomic mass is 32.2. The first-order valence-electron chi connectivity index (χ1n) is 21.1. The maximum Gasteiger partial charge on any atom is 0.407 e. The van der Waals surface area contributed by atoms with Crippen molar-refractivity contribution in [2.24, 2.45) is 17.3 Å². The molecule has 15 nitrogen and oxygen atoms in total. The summed E-state index contributed by atoms with van der Waals surface area (Å²) in [6, 6.07) is 3.46. The van der Waals surface area contributed by atoms with Crippen LogP contribution in [0.4, 0.5) is 4.79 Å². The summed E-state index contributed by atoms with van der Waals surface area (Å²) in [6.45, 7) is 11.8. The third-order valence-corrected chi connectivity index (χ3v) is 14.3. The van der Waals surface area contributed by atoms with E-state index < -0.39 is 68.7 Å². The van der Waals surface area contributed by atoms with Gasteiger partial charge in [-0.15, -0.1) is 6.58 Å². The molecule has 3 N–H and O–H groups in total. The molecule has 16 heteroatoms. The predicted molar refractivity (Wildman–Crippen MR) is 219 cm³/mol. The highest BCUT2D eigenvalue weighted by molar-refractivity contribution is 7.91. The Balaban J connectivity index is 1.27. The van der Waals surface area contributed by atoms with Gasteiger partial charge in [-0.2, -0.15) is 0 Å². The van der Waals surface area contributed by atoms with Crippen molar-refractivity contribution in [2.75, 3.05) is 20.3 Å². The fraction of sp³-hybridized carbons (Fsp3) is 0.651. The zero-order chi connectivity index (χ0) is 42.3. The van der Waals surface area contributed by atoms with Crippen molar-refractivity contribution in [3.05, 3.63) is 36.4 Å². The van der Waals surface area contributed by atoms with Gasteiger partial charge < -0.3 is 34.5 Å². The number of ether oxygens (including phenoxy) is 4. The monoisotopic (exact) mass is 837 g/mol. The van der Waals surface area contributed by atoms with Gasteiger partial charge in [0.1, 0.15) is 35.2 Å². The van der Waals surface area contributed by atoms with Crippen molar-refractivity contribution in [3.63, 3.8) is 0 Å². The Labute approximate surface area is 346 Å². The maximum absolute atomic E-state index is 15.0. The van der Waals surface area contributed by atoms with E-state index in [0.717, 1.165) is 37.7 Å². The lowest BCUT2D eigenvalue weighted by molar-refractivity contribution is -0.142. The first-order chi connectivity index (χ1) is 28.0. The summed E-state index contributed by atoms with van der Waals surface area (Å²) < 4.78 is 52.3. The Kier molecular flexibility index (Phi) is 12.1. The van der Waals surface area contributed by atoms with Crippen LogP contribution in [-0.4, -0.2) is 97.5 Å². The number of amides is 4. The molecule has 3 saturated carbocycles. The molecule has 4 bridgehead atoms. The molecule has 7 rings (SSSR count). The largest absolute Gasteiger partial charge is 0.496 e. The van der Waals surface area contributed by atoms with Crippen molar-refractivity contribution >= 4 is 44.7 Å². The molecule has 3 heterocycles. The predicted octanol–water partition coefficient (Wildman–Crippen LogP) is 5.09. The smallest absolute Gasteiger partial charge is 0.407 e. The minimum Gasteiger partial charge on any atom is -0.496 e. The van der Waals surface area contributed by atoms with Crippen LogP contribution < -0.4 is 29.6 Å². The standard InChI is InChI=1S/C43H59N5O10S/c1-7-28-22-43(28,40(51)47-59(53,54)30-15-16-30)46-38(49)33-19-29-23-48(33)39(50)37(26-12-9-8-10-13-26)45-41(52)56-24-42(4,5)17-11-14-27-18-31-32(20-34(27)55-6)44-36(57-25(2)3)21-35(31)58-29/h7,18,20-21,25-26,28-30,33,37H,1,8-17,19,22-24H2,2-6H3,(H,45,52)(H,46,49)(H,47,51)/t28-,29+,33-,37-,43-/m0/s1. The number of carbonyl (C=O) groups excluding carboxylic acids is 4. The summed E-state index contributed by atoms with van der Waals surface area (Å²) in [5, 5.41) is 5.83. The fourth-order valence-electron chi connectivity index (χ4n) is 8.89. The molecule has 4 fully saturated rings. The average Bonchev–Trinajstić information content (AvgIpc) is 4.12. The van der Waals surface area contributed by atoms with Gasteiger partial charge in [-0.3, -0.25) is 19.1 Å². The van der Waals surface area contributed by atoms with Crippen LogP contribution in [0.5, 0.6) is 17.4 Å². The van der Waals surface area contributed by atoms with E-state index in [4.69, 9.17) is 23.9 Å². The van der Waals surface area contributed by atoms with Crippen LogP contribution >= 0.6 is 0 Å². The van der Waals surface area contributed by atoms with E-state index in [-0.39, 0.29) is 43.4 Å². The number of aromatic nitrogens is 1. The summed E-state index contributed by atoms with van der Waals surface area (Å²) in [6.07, 6.45) is 7.40. The molecule has 0 radical (unpaired) electrons. The second-order valence-corrected chi connectivity index (χ2v) is 20.0. The maximum atomic E-state index is 15.0. The van der Waals surface area contributed by atoms with Gasteiger partial charge in [-0.25, -0.2) is 18.2 Å². The van der Waals surface area contributed by atoms with Crippen LogP contribution in [0.2, 0.25) is 0 Å². The minimum atomic E-state index is -3.91. The number of carbonyl (C=O) groups is 4. The molecule has 4 amide bonds. The Morgan fingerprint density at radius 1 is 1.08 bits per heavy atom. The van der Waals surface area contributed by atoms with Gasteiger partial charge in [0.25, 0.3) is 5.91 Å². The third-order valence-electron chi connectivity index (χ3n) is 12.5. The van der Waals surface area contributed by atoms with Crippen LogP contribution in [-0.2, 0) is 35.6 Å². The molecule has 2 aliphatic heterocycles. The SMILES string of the molecule is C=C[C@H]1C[C@@]1(NC(=O)[C@@H]1C[C@@H]2CN1C(=O)[C@H](C1CCCCC1)NC(=O)OCC(C)(C)CCCc1cc3c(cc(OC(C)C)nc3cc1OC)O2)C(=O)NS(=O)(=O)C1CC1. The van der Waals surface area contributed by atoms with Crippen LogP contribution in [0.3, 0.4) is 0 Å². The molecular formula is C43H59N5O10S. The van der Waals surface area contributed by atoms with Crippen LogP contribution in [0.1, 0.15) is 104 Å². The molecular weight excluding hydrogens is 779 g/mol. The Morgan fingerprint density at radius 3 is 2.49 bits per heavy atom. The van der Waals surface area contributed by atoms with Crippen LogP contribution in [0, 0.1) is 17.3 Å². The molecule has 2 aromatic rings. The number of fused-ring (bicyclic) bond motifs is 3. The van der Waals surface area contributed by atoms with Crippen molar-refractivity contribution in [2.45, 2.75) is 140 Å². The fourth-order valence-corrected chi connectivity index (χ4v) is 10.3. The number of cyclic esters (lactones) is 1. The number of rotatable bonds is 10. The van der Waals surface area contributed by atoms with Gasteiger partial charge in [0.05, 0.1) is 37.1 Å². The number of aryl methyl sites for hydroxylation is 1. The number of nitrogens with one attached hydrogen (secondary N) is 3. The minimum absolute atomic E-state index is 0.0166. The first kappa shape index (κ1) is 42.5. The first-order valence-corrected chi connectivity index (χ1v) is 22.7. The summed E-state index contributed by atoms with van der Waals surface area (Å²) in [5.41, 5.74) is -0.420. The van der Waals surface area contributed by atoms with Gasteiger partial charge in [0.2, 0.25) is 27.7 Å². The quantitative estimate of drug-likeness (QED) is 0.271. The summed E-state index contributed by atoms with van der Waals surface area (Å²) in [7, 11) is -2.30. The zero-order valence-electron chi connectivity index (χ0n) is 34.8. The average molecular weight is 838 g/mol. The van der Waals surface area contributed by atoms with E-state index in [1.165, 1.54) is 11.0 Å². The second kappa shape index (κ2) is 16.8. The number of sulfonamides is 1. The lowest BCUT2D eigenvalue weighted by Gasteiger charge is -2.35. The van der Waals surface area contributed by atoms with Gasteiger partial charge >= 0.3 is 6.09 Å². The zero-order valence-corrected chi connectivity index (χ0v) is 35.7. The topological polar surface area (TPSA) is 192 Å². The second-order valence-electron chi connectivity index (χ2n) is 18.1. The van der Waals surface area contributed by atoms with E-state index in [9.17, 15) is 27.6 Å². The normalized spacial score (nSPS) is 27.8. The van der Waals surface area contributed by atoms with Crippen LogP contribution in [0.15, 0.2) is 30.9 Å². The van der Waals surface area contributed by atoms with Crippen molar-refractivity contribution in [3.8, 4) is 17.4 Å². The molecule has 1 aromatic heterocycles. The molecule has 322 valence electrons. The third kappa shape index (κ3) is 9.42. The molecule has 1 aromatic carbocycles. The Hall–Kier alpha value is -4.60. The number of pyridine rings is 1. The van der Waals surface area contributed by atoms with Gasteiger partial charge in [0.15, 0.2) is 0 Å². The number of methoxy groups -OCH3 is 1. The number of hydrogen-bond donors (Lipinski definition) is 3. The van der Waals surface area contributed by atoms with Gasteiger partial charge in [-0.1, -0.05) is 39.2 Å². The molecule has 59 heavy (non-hydrogen) atoms. The van der Waals surface area contributed by atoms with E-state index >= 15 is 0 Å². The number of hydrogen-bond acceptors (Lipinski definition) is 11. The van der Waals surface area contributed by atoms with E-state index in [2.05, 4.69) is 21.9 Å². The van der Waals surface area contributed by atoms with Crippen LogP contribution in [0.25, 0.3) is 10.9 Å². The lowest BCUT2D eigenvalue weighted by Crippen LogP contribution is -2.59. The molecule has 1 saturated heterocycles. The molecule has 0 unspecified atom stereocenters. The van der Waals surface area contributed by atoms with E-state index in [1.54, 1.807) is 13.2 Å². The number of alkyl carbamates (subject to hydrolysis) is 1. The van der Waals surface area contributed by atoms with Gasteiger partial charge in [0, 0.05) is 29.9 Å². The Morgan fingerprint density at radius 2 is 1.83 bits per heavy atom. The van der Waals surface area contributed by atoms with E-state index in [1.807, 2.05) is 39.8 Å². The summed E-state index contributed by atoms with van der Waals surface area (Å²) >= 11 is 0. The Bertz CT molecular complexity index is 2080. The highest BCUT2D eigenvalue weighted by Gasteiger charge is 2.62. The lowest BCUT2D eigenvalue weighted by atomic mass is 9.83. The molecule has 3 aliphatic carbocycles. The summed E-state index contributed by atoms with van der Waals surface area (Å²) in [5.74, 6) is -1.20.